The summed E-state index contributed by atoms with van der Waals surface area (Å²) in [5, 5.41) is 5.21. The number of likely N-dealkylation sites (N-methyl/N-ethyl adjacent to an activating group) is 1. The molecule has 0 bridgehead atoms. The summed E-state index contributed by atoms with van der Waals surface area (Å²) in [5.41, 5.74) is 2.14. The SMILES string of the molecule is Cc1ccc(CNC(=O)[C@H]2CN(C)CC3(CCN(Cc4cccs4)CC3)O2)cc1. The molecule has 29 heavy (non-hydrogen) atoms. The molecule has 2 aliphatic heterocycles. The van der Waals surface area contributed by atoms with Crippen molar-refractivity contribution in [3.8, 4) is 0 Å². The van der Waals surface area contributed by atoms with Crippen LogP contribution in [-0.4, -0.2) is 60.6 Å². The molecule has 3 heterocycles. The molecule has 0 saturated carbocycles. The first-order valence-electron chi connectivity index (χ1n) is 10.5. The number of carbonyl (C=O) groups excluding carboxylic acids is 1. The summed E-state index contributed by atoms with van der Waals surface area (Å²) in [4.78, 5) is 19.0. The molecular formula is C23H31N3O2S. The number of likely N-dealkylation sites (tertiary alicyclic amines) is 1. The Bertz CT molecular complexity index is 798. The average molecular weight is 414 g/mol. The van der Waals surface area contributed by atoms with E-state index in [-0.39, 0.29) is 11.5 Å². The number of aryl methyl sites for hydroxylation is 1. The third-order valence-corrected chi connectivity index (χ3v) is 6.90. The van der Waals surface area contributed by atoms with E-state index in [9.17, 15) is 4.79 Å². The Labute approximate surface area is 177 Å². The van der Waals surface area contributed by atoms with Crippen LogP contribution in [0.2, 0.25) is 0 Å². The van der Waals surface area contributed by atoms with Crippen molar-refractivity contribution in [1.82, 2.24) is 15.1 Å². The van der Waals surface area contributed by atoms with E-state index in [4.69, 9.17) is 4.74 Å². The van der Waals surface area contributed by atoms with E-state index in [2.05, 4.69) is 70.9 Å². The Morgan fingerprint density at radius 3 is 2.69 bits per heavy atom. The monoisotopic (exact) mass is 413 g/mol. The van der Waals surface area contributed by atoms with Gasteiger partial charge in [0.2, 0.25) is 0 Å². The Balaban J connectivity index is 1.31. The lowest BCUT2D eigenvalue weighted by Gasteiger charge is -2.48. The van der Waals surface area contributed by atoms with Crippen LogP contribution in [0.25, 0.3) is 0 Å². The molecule has 1 aromatic carbocycles. The van der Waals surface area contributed by atoms with Crippen molar-refractivity contribution in [3.63, 3.8) is 0 Å². The van der Waals surface area contributed by atoms with Gasteiger partial charge in [0, 0.05) is 44.1 Å². The van der Waals surface area contributed by atoms with Crippen LogP contribution in [0.3, 0.4) is 0 Å². The van der Waals surface area contributed by atoms with Crippen LogP contribution in [0.15, 0.2) is 41.8 Å². The van der Waals surface area contributed by atoms with E-state index in [1.165, 1.54) is 10.4 Å². The van der Waals surface area contributed by atoms with Crippen LogP contribution in [0.4, 0.5) is 0 Å². The Morgan fingerprint density at radius 2 is 2.00 bits per heavy atom. The lowest BCUT2D eigenvalue weighted by molar-refractivity contribution is -0.182. The van der Waals surface area contributed by atoms with Gasteiger partial charge in [-0.15, -0.1) is 11.3 Å². The largest absolute Gasteiger partial charge is 0.359 e. The molecule has 1 aromatic heterocycles. The zero-order valence-electron chi connectivity index (χ0n) is 17.4. The van der Waals surface area contributed by atoms with Crippen LogP contribution < -0.4 is 5.32 Å². The van der Waals surface area contributed by atoms with E-state index in [0.29, 0.717) is 13.1 Å². The third kappa shape index (κ3) is 5.25. The molecule has 156 valence electrons. The number of rotatable bonds is 5. The van der Waals surface area contributed by atoms with E-state index in [1.54, 1.807) is 0 Å². The van der Waals surface area contributed by atoms with Crippen molar-refractivity contribution >= 4 is 17.2 Å². The zero-order valence-corrected chi connectivity index (χ0v) is 18.2. The summed E-state index contributed by atoms with van der Waals surface area (Å²) >= 11 is 1.82. The van der Waals surface area contributed by atoms with E-state index < -0.39 is 6.10 Å². The molecule has 2 aliphatic rings. The quantitative estimate of drug-likeness (QED) is 0.818. The van der Waals surface area contributed by atoms with Gasteiger partial charge in [-0.05, 0) is 43.8 Å². The first-order valence-corrected chi connectivity index (χ1v) is 11.3. The second kappa shape index (κ2) is 8.96. The summed E-state index contributed by atoms with van der Waals surface area (Å²) in [5.74, 6) is -0.00230. The maximum atomic E-state index is 12.8. The number of morpholine rings is 1. The first kappa shape index (κ1) is 20.5. The minimum absolute atomic E-state index is 0.00230. The number of amides is 1. The van der Waals surface area contributed by atoms with Gasteiger partial charge in [-0.25, -0.2) is 0 Å². The molecule has 6 heteroatoms. The molecule has 2 fully saturated rings. The molecule has 4 rings (SSSR count). The normalized spacial score (nSPS) is 22.6. The number of benzene rings is 1. The number of carbonyl (C=O) groups is 1. The molecule has 2 saturated heterocycles. The molecule has 0 radical (unpaired) electrons. The van der Waals surface area contributed by atoms with Crippen molar-refractivity contribution in [3.05, 3.63) is 57.8 Å². The summed E-state index contributed by atoms with van der Waals surface area (Å²) in [6.45, 7) is 7.22. The highest BCUT2D eigenvalue weighted by atomic mass is 32.1. The lowest BCUT2D eigenvalue weighted by Crippen LogP contribution is -2.61. The predicted molar refractivity (Wildman–Crippen MR) is 117 cm³/mol. The van der Waals surface area contributed by atoms with Crippen LogP contribution in [0, 0.1) is 6.92 Å². The fraction of sp³-hybridized carbons (Fsp3) is 0.522. The van der Waals surface area contributed by atoms with Crippen LogP contribution in [-0.2, 0) is 22.6 Å². The van der Waals surface area contributed by atoms with Crippen molar-refractivity contribution in [2.45, 2.75) is 44.6 Å². The predicted octanol–water partition coefficient (Wildman–Crippen LogP) is 3.04. The second-order valence-corrected chi connectivity index (χ2v) is 9.58. The minimum Gasteiger partial charge on any atom is -0.359 e. The minimum atomic E-state index is -0.400. The molecule has 0 unspecified atom stereocenters. The van der Waals surface area contributed by atoms with E-state index in [1.807, 2.05) is 11.3 Å². The fourth-order valence-corrected chi connectivity index (χ4v) is 5.12. The Kier molecular flexibility index (Phi) is 6.35. The van der Waals surface area contributed by atoms with E-state index in [0.717, 1.165) is 44.6 Å². The summed E-state index contributed by atoms with van der Waals surface area (Å²) in [6, 6.07) is 12.6. The number of nitrogens with one attached hydrogen (secondary N) is 1. The van der Waals surface area contributed by atoms with Crippen LogP contribution in [0.1, 0.15) is 28.8 Å². The van der Waals surface area contributed by atoms with Gasteiger partial charge < -0.3 is 15.0 Å². The third-order valence-electron chi connectivity index (χ3n) is 6.03. The highest BCUT2D eigenvalue weighted by molar-refractivity contribution is 7.09. The zero-order chi connectivity index (χ0) is 20.3. The second-order valence-electron chi connectivity index (χ2n) is 8.55. The topological polar surface area (TPSA) is 44.8 Å². The first-order chi connectivity index (χ1) is 14.0. The number of thiophene rings is 1. The van der Waals surface area contributed by atoms with Gasteiger partial charge in [0.05, 0.1) is 5.60 Å². The van der Waals surface area contributed by atoms with E-state index >= 15 is 0 Å². The Hall–Kier alpha value is -1.73. The molecule has 2 aromatic rings. The standard InChI is InChI=1S/C23H31N3O2S/c1-18-5-7-19(8-6-18)14-24-22(27)21-16-25(2)17-23(28-21)9-11-26(12-10-23)15-20-4-3-13-29-20/h3-8,13,21H,9-12,14-17H2,1-2H3,(H,24,27)/t21-/m1/s1. The molecule has 1 atom stereocenters. The van der Waals surface area contributed by atoms with Gasteiger partial charge >= 0.3 is 0 Å². The number of hydrogen-bond donors (Lipinski definition) is 1. The molecule has 0 aliphatic carbocycles. The highest BCUT2D eigenvalue weighted by Gasteiger charge is 2.43. The molecule has 1 spiro atoms. The highest BCUT2D eigenvalue weighted by Crippen LogP contribution is 2.32. The van der Waals surface area contributed by atoms with Crippen LogP contribution in [0.5, 0.6) is 0 Å². The van der Waals surface area contributed by atoms with Gasteiger partial charge in [-0.2, -0.15) is 0 Å². The number of ether oxygens (including phenoxy) is 1. The summed E-state index contributed by atoms with van der Waals surface area (Å²) in [6.07, 6.45) is 1.55. The average Bonchev–Trinajstić information content (AvgIpc) is 3.22. The Morgan fingerprint density at radius 1 is 1.24 bits per heavy atom. The fourth-order valence-electron chi connectivity index (χ4n) is 4.38. The maximum Gasteiger partial charge on any atom is 0.250 e. The maximum absolute atomic E-state index is 12.8. The number of hydrogen-bond acceptors (Lipinski definition) is 5. The van der Waals surface area contributed by atoms with Crippen molar-refractivity contribution in [2.24, 2.45) is 0 Å². The summed E-state index contributed by atoms with van der Waals surface area (Å²) < 4.78 is 6.46. The number of piperidine rings is 1. The van der Waals surface area contributed by atoms with Gasteiger partial charge in [0.15, 0.2) is 0 Å². The van der Waals surface area contributed by atoms with Gasteiger partial charge in [0.25, 0.3) is 5.91 Å². The summed E-state index contributed by atoms with van der Waals surface area (Å²) in [7, 11) is 2.10. The molecule has 5 nitrogen and oxygen atoms in total. The molecule has 1 N–H and O–H groups in total. The van der Waals surface area contributed by atoms with Crippen molar-refractivity contribution in [2.75, 3.05) is 33.2 Å². The molecular weight excluding hydrogens is 382 g/mol. The smallest absolute Gasteiger partial charge is 0.250 e. The van der Waals surface area contributed by atoms with Crippen molar-refractivity contribution in [1.29, 1.82) is 0 Å². The van der Waals surface area contributed by atoms with Gasteiger partial charge in [-0.3, -0.25) is 9.69 Å². The molecule has 1 amide bonds. The van der Waals surface area contributed by atoms with Gasteiger partial charge in [0.1, 0.15) is 6.10 Å². The number of nitrogens with zero attached hydrogens (tertiary/aromatic N) is 2. The lowest BCUT2D eigenvalue weighted by atomic mass is 9.88. The van der Waals surface area contributed by atoms with Crippen molar-refractivity contribution < 1.29 is 9.53 Å². The van der Waals surface area contributed by atoms with Gasteiger partial charge in [-0.1, -0.05) is 35.9 Å². The van der Waals surface area contributed by atoms with Crippen LogP contribution >= 0.6 is 11.3 Å².